The van der Waals surface area contributed by atoms with E-state index >= 15 is 0 Å². The normalized spacial score (nSPS) is 13.0. The zero-order chi connectivity index (χ0) is 27.3. The van der Waals surface area contributed by atoms with Crippen LogP contribution in [0.3, 0.4) is 0 Å². The molecule has 0 saturated carbocycles. The first-order valence-corrected chi connectivity index (χ1v) is 13.4. The molecule has 2 atom stereocenters. The van der Waals surface area contributed by atoms with Gasteiger partial charge in [0.05, 0.1) is 17.8 Å². The summed E-state index contributed by atoms with van der Waals surface area (Å²) in [4.78, 5) is 15.0. The number of rotatable bonds is 10. The van der Waals surface area contributed by atoms with Crippen molar-refractivity contribution < 1.29 is 14.6 Å². The molecule has 3 N–H and O–H groups in total. The summed E-state index contributed by atoms with van der Waals surface area (Å²) in [6.07, 6.45) is 1.12. The fourth-order valence-electron chi connectivity index (χ4n) is 4.56. The molecule has 5 nitrogen and oxygen atoms in total. The number of para-hydroxylation sites is 1. The molecule has 0 saturated heterocycles. The van der Waals surface area contributed by atoms with Crippen molar-refractivity contribution >= 4 is 41.6 Å². The molecule has 1 unspecified atom stereocenters. The van der Waals surface area contributed by atoms with E-state index in [4.69, 9.17) is 34.7 Å². The van der Waals surface area contributed by atoms with Crippen LogP contribution in [0.25, 0.3) is 11.1 Å². The number of hydrogen-bond acceptors (Lipinski definition) is 6. The second-order valence-corrected chi connectivity index (χ2v) is 11.1. The van der Waals surface area contributed by atoms with Crippen molar-refractivity contribution in [3.05, 3.63) is 71.2 Å². The number of anilines is 2. The number of benzene rings is 3. The van der Waals surface area contributed by atoms with Gasteiger partial charge in [-0.1, -0.05) is 63.6 Å². The van der Waals surface area contributed by atoms with Crippen molar-refractivity contribution in [3.63, 3.8) is 0 Å². The van der Waals surface area contributed by atoms with E-state index in [0.29, 0.717) is 28.3 Å². The average molecular weight is 541 g/mol. The predicted molar refractivity (Wildman–Crippen MR) is 156 cm³/mol. The average Bonchev–Trinajstić information content (AvgIpc) is 2.87. The van der Waals surface area contributed by atoms with Gasteiger partial charge in [0.15, 0.2) is 0 Å². The van der Waals surface area contributed by atoms with E-state index in [1.807, 2.05) is 30.3 Å². The van der Waals surface area contributed by atoms with Gasteiger partial charge in [-0.05, 0) is 66.1 Å². The van der Waals surface area contributed by atoms with Gasteiger partial charge in [0.2, 0.25) is 0 Å². The highest BCUT2D eigenvalue weighted by atomic mass is 35.5. The van der Waals surface area contributed by atoms with Crippen LogP contribution in [-0.2, 0) is 9.53 Å². The minimum absolute atomic E-state index is 0.0828. The molecule has 0 aliphatic rings. The van der Waals surface area contributed by atoms with Crippen LogP contribution in [0.2, 0.25) is 5.02 Å². The molecule has 198 valence electrons. The summed E-state index contributed by atoms with van der Waals surface area (Å²) < 4.78 is 4.75. The summed E-state index contributed by atoms with van der Waals surface area (Å²) in [5.74, 6) is 0.863. The summed E-state index contributed by atoms with van der Waals surface area (Å²) in [7, 11) is 1.26. The second kappa shape index (κ2) is 12.7. The smallest absolute Gasteiger partial charge is 0.327 e. The number of ether oxygens (including phenoxy) is 1. The first kappa shape index (κ1) is 28.9. The lowest BCUT2D eigenvalue weighted by Gasteiger charge is -2.33. The molecule has 37 heavy (non-hydrogen) atoms. The molecule has 0 fully saturated rings. The Hall–Kier alpha value is -2.67. The van der Waals surface area contributed by atoms with E-state index in [2.05, 4.69) is 44.7 Å². The number of thiol groups is 1. The van der Waals surface area contributed by atoms with Gasteiger partial charge in [0.1, 0.15) is 11.8 Å². The summed E-state index contributed by atoms with van der Waals surface area (Å²) in [5, 5.41) is 10.8. The number of carbonyl (C=O) groups excluding carboxylic acids is 1. The third-order valence-corrected chi connectivity index (χ3v) is 7.36. The summed E-state index contributed by atoms with van der Waals surface area (Å²) in [6, 6.07) is 17.9. The van der Waals surface area contributed by atoms with E-state index in [1.54, 1.807) is 12.1 Å². The fourth-order valence-corrected chi connectivity index (χ4v) is 5.14. The maximum Gasteiger partial charge on any atom is 0.327 e. The third kappa shape index (κ3) is 7.01. The van der Waals surface area contributed by atoms with Crippen LogP contribution in [0.4, 0.5) is 11.4 Å². The molecule has 3 aromatic rings. The van der Waals surface area contributed by atoms with Crippen LogP contribution in [0.5, 0.6) is 5.75 Å². The lowest BCUT2D eigenvalue weighted by atomic mass is 9.87. The second-order valence-electron chi connectivity index (χ2n) is 10.2. The molecule has 0 aliphatic carbocycles. The van der Waals surface area contributed by atoms with Crippen LogP contribution >= 0.6 is 24.2 Å². The summed E-state index contributed by atoms with van der Waals surface area (Å²) >= 11 is 11.8. The molecule has 0 amide bonds. The Balaban J connectivity index is 2.07. The molecule has 3 rings (SSSR count). The molecule has 7 heteroatoms. The van der Waals surface area contributed by atoms with Gasteiger partial charge < -0.3 is 20.5 Å². The Morgan fingerprint density at radius 2 is 1.76 bits per heavy atom. The minimum atomic E-state index is -1.11. The molecule has 0 aliphatic heterocycles. The molecule has 0 heterocycles. The fraction of sp³-hybridized carbons (Fsp3) is 0.367. The van der Waals surface area contributed by atoms with E-state index in [-0.39, 0.29) is 11.3 Å². The topological polar surface area (TPSA) is 75.8 Å². The number of nitrogens with zero attached hydrogens (tertiary/aromatic N) is 1. The Kier molecular flexibility index (Phi) is 9.93. The first-order valence-electron chi connectivity index (χ1n) is 12.5. The number of hydrogen-bond donors (Lipinski definition) is 3. The predicted octanol–water partition coefficient (Wildman–Crippen LogP) is 7.63. The third-order valence-electron chi connectivity index (χ3n) is 6.69. The van der Waals surface area contributed by atoms with E-state index < -0.39 is 12.0 Å². The standard InChI is InChI=1S/C30H37ClN2O3S/c1-18(2)13-21(19(3)4)17-33(22-9-7-6-8-10-22)26-16-25(31)23(15-28(26)37)20-11-12-27(34)24(14-20)29(32)30(35)36-5/h6-12,14-16,18-19,21,29,34,37H,13,17,32H2,1-5H3/t21-,29?/m1/s1. The number of phenols is 1. The summed E-state index contributed by atoms with van der Waals surface area (Å²) in [6.45, 7) is 9.90. The van der Waals surface area contributed by atoms with Gasteiger partial charge in [-0.3, -0.25) is 4.79 Å². The lowest BCUT2D eigenvalue weighted by Crippen LogP contribution is -2.29. The molecule has 0 bridgehead atoms. The van der Waals surface area contributed by atoms with Crippen LogP contribution in [0, 0.1) is 17.8 Å². The number of esters is 1. The SMILES string of the molecule is COC(=O)C(N)c1cc(-c2cc(S)c(N(C[C@@H](CC(C)C)C(C)C)c3ccccc3)cc2Cl)ccc1O. The maximum absolute atomic E-state index is 12.0. The molecule has 0 radical (unpaired) electrons. The van der Waals surface area contributed by atoms with Crippen molar-refractivity contribution in [1.29, 1.82) is 0 Å². The molecular formula is C30H37ClN2O3S. The zero-order valence-corrected chi connectivity index (χ0v) is 23.8. The molecule has 0 aromatic heterocycles. The van der Waals surface area contributed by atoms with Crippen molar-refractivity contribution in [2.24, 2.45) is 23.5 Å². The number of methoxy groups -OCH3 is 1. The monoisotopic (exact) mass is 540 g/mol. The maximum atomic E-state index is 12.0. The molecular weight excluding hydrogens is 504 g/mol. The van der Waals surface area contributed by atoms with E-state index in [9.17, 15) is 9.90 Å². The Bertz CT molecular complexity index is 1220. The van der Waals surface area contributed by atoms with E-state index in [0.717, 1.165) is 34.8 Å². The lowest BCUT2D eigenvalue weighted by molar-refractivity contribution is -0.142. The van der Waals surface area contributed by atoms with E-state index in [1.165, 1.54) is 13.2 Å². The van der Waals surface area contributed by atoms with Gasteiger partial charge in [0, 0.05) is 28.3 Å². The highest BCUT2D eigenvalue weighted by molar-refractivity contribution is 7.80. The van der Waals surface area contributed by atoms with Crippen LogP contribution in [0.15, 0.2) is 65.6 Å². The van der Waals surface area contributed by atoms with Crippen molar-refractivity contribution in [2.45, 2.75) is 45.1 Å². The quantitative estimate of drug-likeness (QED) is 0.182. The minimum Gasteiger partial charge on any atom is -0.508 e. The summed E-state index contributed by atoms with van der Waals surface area (Å²) in [5.41, 5.74) is 9.71. The highest BCUT2D eigenvalue weighted by Gasteiger charge is 2.24. The van der Waals surface area contributed by atoms with Gasteiger partial charge in [-0.15, -0.1) is 12.6 Å². The zero-order valence-electron chi connectivity index (χ0n) is 22.1. The number of aromatic hydroxyl groups is 1. The Morgan fingerprint density at radius 3 is 2.35 bits per heavy atom. The largest absolute Gasteiger partial charge is 0.508 e. The highest BCUT2D eigenvalue weighted by Crippen LogP contribution is 2.41. The molecule has 0 spiro atoms. The van der Waals surface area contributed by atoms with Crippen molar-refractivity contribution in [2.75, 3.05) is 18.6 Å². The van der Waals surface area contributed by atoms with Crippen LogP contribution in [0.1, 0.15) is 45.7 Å². The van der Waals surface area contributed by atoms with Crippen molar-refractivity contribution in [1.82, 2.24) is 0 Å². The number of phenolic OH excluding ortho intramolecular Hbond substituents is 1. The van der Waals surface area contributed by atoms with Crippen LogP contribution < -0.4 is 10.6 Å². The first-order chi connectivity index (χ1) is 17.5. The van der Waals surface area contributed by atoms with Gasteiger partial charge >= 0.3 is 5.97 Å². The Labute approximate surface area is 231 Å². The van der Waals surface area contributed by atoms with Gasteiger partial charge in [-0.25, -0.2) is 0 Å². The molecule has 3 aromatic carbocycles. The number of nitrogens with two attached hydrogens (primary N) is 1. The van der Waals surface area contributed by atoms with Crippen molar-refractivity contribution in [3.8, 4) is 16.9 Å². The van der Waals surface area contributed by atoms with Gasteiger partial charge in [-0.2, -0.15) is 0 Å². The number of carbonyl (C=O) groups is 1. The Morgan fingerprint density at radius 1 is 1.08 bits per heavy atom. The number of halogens is 1. The van der Waals surface area contributed by atoms with Crippen LogP contribution in [-0.4, -0.2) is 24.7 Å². The van der Waals surface area contributed by atoms with Gasteiger partial charge in [0.25, 0.3) is 0 Å².